The Morgan fingerprint density at radius 3 is 2.70 bits per heavy atom. The van der Waals surface area contributed by atoms with Crippen LogP contribution < -0.4 is 0 Å². The predicted molar refractivity (Wildman–Crippen MR) is 91.5 cm³/mol. The Hall–Kier alpha value is -0.160. The summed E-state index contributed by atoms with van der Waals surface area (Å²) in [6.07, 6.45) is 0. The number of nitrogens with zero attached hydrogens (tertiary/aromatic N) is 1. The molecule has 20 heavy (non-hydrogen) atoms. The zero-order valence-corrected chi connectivity index (χ0v) is 15.1. The monoisotopic (exact) mass is 375 g/mol. The first kappa shape index (κ1) is 16.2. The summed E-state index contributed by atoms with van der Waals surface area (Å²) in [5, 5.41) is 0.724. The van der Waals surface area contributed by atoms with Crippen LogP contribution in [0.25, 0.3) is 0 Å². The smallest absolute Gasteiger partial charge is 0.0840 e. The van der Waals surface area contributed by atoms with Crippen molar-refractivity contribution in [2.75, 3.05) is 19.8 Å². The van der Waals surface area contributed by atoms with Crippen LogP contribution in [0.5, 0.6) is 0 Å². The van der Waals surface area contributed by atoms with E-state index in [0.717, 1.165) is 26.6 Å². The molecule has 1 heterocycles. The number of morpholine rings is 1. The zero-order valence-electron chi connectivity index (χ0n) is 12.0. The molecule has 0 aromatic heterocycles. The number of hydrogen-bond donors (Lipinski definition) is 0. The molecule has 110 valence electrons. The van der Waals surface area contributed by atoms with Gasteiger partial charge < -0.3 is 9.64 Å². The summed E-state index contributed by atoms with van der Waals surface area (Å²) in [5.74, 6) is 0. The molecule has 0 spiro atoms. The molecule has 1 unspecified atom stereocenters. The van der Waals surface area contributed by atoms with Gasteiger partial charge in [0.25, 0.3) is 0 Å². The number of thiocarbonyl (C=S) groups is 1. The summed E-state index contributed by atoms with van der Waals surface area (Å²) >= 11 is 15.3. The maximum absolute atomic E-state index is 6.16. The van der Waals surface area contributed by atoms with Gasteiger partial charge in [0.1, 0.15) is 0 Å². The molecule has 0 amide bonds. The van der Waals surface area contributed by atoms with Crippen LogP contribution in [0.2, 0.25) is 5.02 Å². The summed E-state index contributed by atoms with van der Waals surface area (Å²) in [5.41, 5.74) is 1.11. The molecule has 0 bridgehead atoms. The lowest BCUT2D eigenvalue weighted by molar-refractivity contribution is 0.0235. The van der Waals surface area contributed by atoms with Crippen LogP contribution in [0, 0.1) is 5.41 Å². The second-order valence-electron chi connectivity index (χ2n) is 6.04. The maximum atomic E-state index is 6.16. The molecule has 0 saturated carbocycles. The summed E-state index contributed by atoms with van der Waals surface area (Å²) in [7, 11) is 0. The van der Waals surface area contributed by atoms with Gasteiger partial charge in [-0.3, -0.25) is 0 Å². The van der Waals surface area contributed by atoms with Crippen molar-refractivity contribution in [3.05, 3.63) is 33.3 Å². The van der Waals surface area contributed by atoms with E-state index in [-0.39, 0.29) is 11.5 Å². The van der Waals surface area contributed by atoms with E-state index >= 15 is 0 Å². The Kier molecular flexibility index (Phi) is 5.11. The van der Waals surface area contributed by atoms with E-state index in [2.05, 4.69) is 47.7 Å². The molecule has 1 aromatic carbocycles. The van der Waals surface area contributed by atoms with Crippen molar-refractivity contribution in [2.24, 2.45) is 5.41 Å². The third-order valence-corrected chi connectivity index (χ3v) is 4.82. The van der Waals surface area contributed by atoms with E-state index in [1.165, 1.54) is 0 Å². The van der Waals surface area contributed by atoms with Gasteiger partial charge in [-0.2, -0.15) is 0 Å². The Bertz CT molecular complexity index is 495. The maximum Gasteiger partial charge on any atom is 0.0840 e. The van der Waals surface area contributed by atoms with Gasteiger partial charge >= 0.3 is 0 Å². The standard InChI is InChI=1S/C15H19BrClNOS/c1-15(2,3)14(20)18-4-5-19-9-13(18)10-6-11(16)8-12(17)7-10/h6-8,13H,4-5,9H2,1-3H3. The minimum atomic E-state index is -0.0271. The SMILES string of the molecule is CC(C)(C)C(=S)N1CCOCC1c1cc(Cl)cc(Br)c1. The first-order chi connectivity index (χ1) is 9.29. The van der Waals surface area contributed by atoms with E-state index in [1.807, 2.05) is 12.1 Å². The van der Waals surface area contributed by atoms with Gasteiger partial charge in [0.2, 0.25) is 0 Å². The Morgan fingerprint density at radius 2 is 2.10 bits per heavy atom. The minimum absolute atomic E-state index is 0.0271. The largest absolute Gasteiger partial charge is 0.377 e. The molecule has 0 N–H and O–H groups in total. The molecule has 1 aliphatic rings. The number of halogens is 2. The van der Waals surface area contributed by atoms with Crippen LogP contribution in [-0.4, -0.2) is 29.6 Å². The van der Waals surface area contributed by atoms with E-state index in [1.54, 1.807) is 0 Å². The average Bonchev–Trinajstić information content (AvgIpc) is 2.35. The van der Waals surface area contributed by atoms with Gasteiger partial charge in [0.15, 0.2) is 0 Å². The molecular weight excluding hydrogens is 358 g/mol. The fraction of sp³-hybridized carbons (Fsp3) is 0.533. The number of hydrogen-bond acceptors (Lipinski definition) is 2. The molecule has 2 rings (SSSR count). The number of ether oxygens (including phenoxy) is 1. The first-order valence-corrected chi connectivity index (χ1v) is 8.22. The second-order valence-corrected chi connectivity index (χ2v) is 7.78. The van der Waals surface area contributed by atoms with Crippen LogP contribution in [0.3, 0.4) is 0 Å². The number of benzene rings is 1. The average molecular weight is 377 g/mol. The molecule has 0 aliphatic carbocycles. The van der Waals surface area contributed by atoms with Crippen LogP contribution >= 0.6 is 39.7 Å². The molecule has 5 heteroatoms. The van der Waals surface area contributed by atoms with Crippen molar-refractivity contribution in [3.8, 4) is 0 Å². The van der Waals surface area contributed by atoms with Gasteiger partial charge in [0, 0.05) is 21.5 Å². The summed E-state index contributed by atoms with van der Waals surface area (Å²) < 4.78 is 6.63. The fourth-order valence-electron chi connectivity index (χ4n) is 2.32. The normalized spacial score (nSPS) is 20.1. The van der Waals surface area contributed by atoms with Gasteiger partial charge in [-0.15, -0.1) is 0 Å². The van der Waals surface area contributed by atoms with Crippen molar-refractivity contribution in [1.29, 1.82) is 0 Å². The van der Waals surface area contributed by atoms with Gasteiger partial charge in [-0.25, -0.2) is 0 Å². The minimum Gasteiger partial charge on any atom is -0.377 e. The van der Waals surface area contributed by atoms with Crippen molar-refractivity contribution in [3.63, 3.8) is 0 Å². The quantitative estimate of drug-likeness (QED) is 0.650. The summed E-state index contributed by atoms with van der Waals surface area (Å²) in [6, 6.07) is 6.10. The zero-order chi connectivity index (χ0) is 14.9. The highest BCUT2D eigenvalue weighted by Crippen LogP contribution is 2.33. The van der Waals surface area contributed by atoms with Crippen LogP contribution in [0.4, 0.5) is 0 Å². The number of rotatable bonds is 1. The van der Waals surface area contributed by atoms with E-state index in [9.17, 15) is 0 Å². The predicted octanol–water partition coefficient (Wildman–Crippen LogP) is 4.85. The fourth-order valence-corrected chi connectivity index (χ4v) is 3.43. The third kappa shape index (κ3) is 3.73. The molecule has 1 fully saturated rings. The van der Waals surface area contributed by atoms with E-state index < -0.39 is 0 Å². The molecule has 0 radical (unpaired) electrons. The highest BCUT2D eigenvalue weighted by Gasteiger charge is 2.32. The van der Waals surface area contributed by atoms with Gasteiger partial charge in [-0.05, 0) is 23.8 Å². The van der Waals surface area contributed by atoms with E-state index in [4.69, 9.17) is 28.6 Å². The Balaban J connectivity index is 2.33. The summed E-state index contributed by atoms with van der Waals surface area (Å²) in [4.78, 5) is 3.25. The topological polar surface area (TPSA) is 12.5 Å². The van der Waals surface area contributed by atoms with Crippen LogP contribution in [0.1, 0.15) is 32.4 Å². The molecule has 1 aromatic rings. The third-order valence-electron chi connectivity index (χ3n) is 3.30. The van der Waals surface area contributed by atoms with E-state index in [0.29, 0.717) is 13.2 Å². The lowest BCUT2D eigenvalue weighted by Gasteiger charge is -2.41. The molecular formula is C15H19BrClNOS. The van der Waals surface area contributed by atoms with Crippen molar-refractivity contribution >= 4 is 44.7 Å². The van der Waals surface area contributed by atoms with Gasteiger partial charge in [0.05, 0.1) is 24.2 Å². The van der Waals surface area contributed by atoms with Crippen LogP contribution in [-0.2, 0) is 4.74 Å². The van der Waals surface area contributed by atoms with Gasteiger partial charge in [-0.1, -0.05) is 60.5 Å². The lowest BCUT2D eigenvalue weighted by atomic mass is 9.93. The highest BCUT2D eigenvalue weighted by atomic mass is 79.9. The Morgan fingerprint density at radius 1 is 1.40 bits per heavy atom. The highest BCUT2D eigenvalue weighted by molar-refractivity contribution is 9.10. The lowest BCUT2D eigenvalue weighted by Crippen LogP contribution is -2.46. The first-order valence-electron chi connectivity index (χ1n) is 6.64. The molecule has 2 nitrogen and oxygen atoms in total. The van der Waals surface area contributed by atoms with Crippen LogP contribution in [0.15, 0.2) is 22.7 Å². The van der Waals surface area contributed by atoms with Crippen molar-refractivity contribution < 1.29 is 4.74 Å². The Labute approximate surface area is 139 Å². The molecule has 1 saturated heterocycles. The van der Waals surface area contributed by atoms with Crippen molar-refractivity contribution in [1.82, 2.24) is 4.90 Å². The second kappa shape index (κ2) is 6.30. The summed E-state index contributed by atoms with van der Waals surface area (Å²) in [6.45, 7) is 8.63. The molecule has 1 atom stereocenters. The molecule has 1 aliphatic heterocycles. The van der Waals surface area contributed by atoms with Crippen molar-refractivity contribution in [2.45, 2.75) is 26.8 Å².